The summed E-state index contributed by atoms with van der Waals surface area (Å²) in [5.74, 6) is 0. The van der Waals surface area contributed by atoms with Crippen LogP contribution in [0.25, 0.3) is 76.8 Å². The third-order valence-electron chi connectivity index (χ3n) is 20.2. The van der Waals surface area contributed by atoms with Gasteiger partial charge in [0, 0.05) is 22.7 Å². The Morgan fingerprint density at radius 1 is 0.253 bits per heavy atom. The molecule has 14 aromatic rings. The Hall–Kier alpha value is -10.5. The molecule has 3 heteroatoms. The first kappa shape index (κ1) is 44.3. The molecule has 14 aromatic carbocycles. The summed E-state index contributed by atoms with van der Waals surface area (Å²) in [5.41, 5.74) is 31.1. The second-order valence-corrected chi connectivity index (χ2v) is 23.6. The molecule has 0 N–H and O–H groups in total. The lowest BCUT2D eigenvalue weighted by Gasteiger charge is -2.53. The van der Waals surface area contributed by atoms with Crippen LogP contribution in [0.3, 0.4) is 0 Å². The number of hydrogen-bond donors (Lipinski definition) is 0. The molecule has 0 fully saturated rings. The second kappa shape index (κ2) is 15.7. The molecule has 0 amide bonds. The highest BCUT2D eigenvalue weighted by Crippen LogP contribution is 2.67. The number of nitrogens with zero attached hydrogens (tertiary/aromatic N) is 2. The third-order valence-corrected chi connectivity index (χ3v) is 20.2. The Morgan fingerprint density at radius 2 is 0.614 bits per heavy atom. The Labute approximate surface area is 481 Å². The van der Waals surface area contributed by atoms with Gasteiger partial charge in [-0.05, 0) is 168 Å². The molecule has 0 unspecified atom stereocenters. The van der Waals surface area contributed by atoms with Gasteiger partial charge in [0.1, 0.15) is 0 Å². The van der Waals surface area contributed by atoms with E-state index in [1.54, 1.807) is 0 Å². The molecule has 20 rings (SSSR count). The number of benzene rings is 14. The van der Waals surface area contributed by atoms with Crippen LogP contribution in [0, 0.1) is 0 Å². The first-order valence-corrected chi connectivity index (χ1v) is 29.3. The summed E-state index contributed by atoms with van der Waals surface area (Å²) in [6.45, 7) is -0.0985. The van der Waals surface area contributed by atoms with Crippen LogP contribution >= 0.6 is 0 Å². The first-order valence-electron chi connectivity index (χ1n) is 29.3. The van der Waals surface area contributed by atoms with Gasteiger partial charge in [0.05, 0.1) is 22.2 Å². The summed E-state index contributed by atoms with van der Waals surface area (Å²) in [6.07, 6.45) is 0. The zero-order valence-electron chi connectivity index (χ0n) is 45.1. The molecule has 0 saturated heterocycles. The number of para-hydroxylation sites is 4. The van der Waals surface area contributed by atoms with E-state index in [2.05, 4.69) is 295 Å². The fourth-order valence-electron chi connectivity index (χ4n) is 17.3. The Kier molecular flexibility index (Phi) is 8.38. The summed E-state index contributed by atoms with van der Waals surface area (Å²) in [6, 6.07) is 110. The minimum atomic E-state index is -0.564. The van der Waals surface area contributed by atoms with E-state index >= 15 is 0 Å². The van der Waals surface area contributed by atoms with Gasteiger partial charge in [-0.3, -0.25) is 0 Å². The lowest BCUT2D eigenvalue weighted by molar-refractivity contribution is 0.752. The number of hydrogen-bond acceptors (Lipinski definition) is 2. The predicted octanol–water partition coefficient (Wildman–Crippen LogP) is 17.9. The zero-order chi connectivity index (χ0) is 53.9. The smallest absolute Gasteiger partial charge is 0.252 e. The van der Waals surface area contributed by atoms with Crippen LogP contribution in [0.15, 0.2) is 285 Å². The molecule has 0 bridgehead atoms. The molecule has 6 aliphatic rings. The summed E-state index contributed by atoms with van der Waals surface area (Å²) in [5, 5.41) is 7.45. The van der Waals surface area contributed by atoms with Crippen LogP contribution in [0.2, 0.25) is 0 Å². The van der Waals surface area contributed by atoms with E-state index in [4.69, 9.17) is 0 Å². The van der Waals surface area contributed by atoms with E-state index in [1.165, 1.54) is 172 Å². The van der Waals surface area contributed by atoms with Crippen molar-refractivity contribution in [2.24, 2.45) is 0 Å². The number of anilines is 6. The van der Waals surface area contributed by atoms with Crippen LogP contribution in [0.5, 0.6) is 0 Å². The van der Waals surface area contributed by atoms with Gasteiger partial charge >= 0.3 is 0 Å². The molecule has 83 heavy (non-hydrogen) atoms. The molecule has 0 saturated carbocycles. The maximum Gasteiger partial charge on any atom is 0.252 e. The molecule has 4 aliphatic heterocycles. The fourth-order valence-corrected chi connectivity index (χ4v) is 17.3. The van der Waals surface area contributed by atoms with Gasteiger partial charge in [-0.2, -0.15) is 0 Å². The summed E-state index contributed by atoms with van der Waals surface area (Å²) in [7, 11) is 0. The Morgan fingerprint density at radius 3 is 1.07 bits per heavy atom. The minimum Gasteiger partial charge on any atom is -0.311 e. The SMILES string of the molecule is c1ccc2c(c1)-c1ccccc1C21c2ccccc2N2c3cc(-c4c5ccccc5c(-c5ccc6ccccc6c5)c5ccccc45)cc4c3B(c3cccc1c32)c1cccc2c1N4c1ccccc1C21c2ccccc2-c2ccccc21. The van der Waals surface area contributed by atoms with Crippen molar-refractivity contribution in [3.8, 4) is 44.5 Å². The largest absolute Gasteiger partial charge is 0.311 e. The molecule has 0 radical (unpaired) electrons. The monoisotopic (exact) mass is 1050 g/mol. The van der Waals surface area contributed by atoms with Crippen LogP contribution in [-0.2, 0) is 10.8 Å². The standard InChI is InChI=1S/C80H47BN2/c1-2-22-49-45-50(44-43-48(49)21-1)74-56-27-3-5-29-58(56)75(59-30-6-4-28-57(59)74)51-46-72-76-73(47-51)83-71-42-18-16-36-65(71)80(62-33-13-9-25-54(62)55-26-10-14-34-63(55)80)67-38-20-40-69(78(67)83)81(76)68-39-19-37-66-77(68)82(72)70-41-17-15-35-64(70)79(66)60-31-11-7-23-52(60)53-24-8-12-32-61(53)79/h1-47H. The molecular formula is C80H47BN2. The third kappa shape index (κ3) is 5.21. The minimum absolute atomic E-state index is 0.0985. The van der Waals surface area contributed by atoms with Crippen molar-refractivity contribution in [1.82, 2.24) is 0 Å². The molecule has 4 heterocycles. The lowest BCUT2D eigenvalue weighted by Crippen LogP contribution is -2.63. The van der Waals surface area contributed by atoms with Crippen molar-refractivity contribution in [2.45, 2.75) is 10.8 Å². The van der Waals surface area contributed by atoms with E-state index in [9.17, 15) is 0 Å². The summed E-state index contributed by atoms with van der Waals surface area (Å²) >= 11 is 0. The second-order valence-electron chi connectivity index (χ2n) is 23.6. The Balaban J connectivity index is 0.950. The lowest BCUT2D eigenvalue weighted by atomic mass is 9.32. The summed E-state index contributed by atoms with van der Waals surface area (Å²) < 4.78 is 0. The van der Waals surface area contributed by atoms with Crippen LogP contribution < -0.4 is 26.2 Å². The van der Waals surface area contributed by atoms with Crippen molar-refractivity contribution < 1.29 is 0 Å². The maximum absolute atomic E-state index is 2.71. The van der Waals surface area contributed by atoms with Gasteiger partial charge in [-0.25, -0.2) is 0 Å². The predicted molar refractivity (Wildman–Crippen MR) is 346 cm³/mol. The molecular weight excluding hydrogens is 1000 g/mol. The van der Waals surface area contributed by atoms with Crippen LogP contribution in [0.1, 0.15) is 44.5 Å². The topological polar surface area (TPSA) is 6.48 Å². The van der Waals surface area contributed by atoms with E-state index in [0.717, 1.165) is 0 Å². The normalized spacial score (nSPS) is 14.9. The van der Waals surface area contributed by atoms with Crippen molar-refractivity contribution in [1.29, 1.82) is 0 Å². The quantitative estimate of drug-likeness (QED) is 0.126. The van der Waals surface area contributed by atoms with Crippen LogP contribution in [0.4, 0.5) is 34.1 Å². The fraction of sp³-hybridized carbons (Fsp3) is 0.0250. The Bertz CT molecular complexity index is 4910. The van der Waals surface area contributed by atoms with Crippen LogP contribution in [-0.4, -0.2) is 6.71 Å². The molecule has 380 valence electrons. The van der Waals surface area contributed by atoms with Gasteiger partial charge in [-0.1, -0.05) is 255 Å². The van der Waals surface area contributed by atoms with E-state index in [1.807, 2.05) is 0 Å². The first-order chi connectivity index (χ1) is 41.2. The van der Waals surface area contributed by atoms with Crippen molar-refractivity contribution >= 4 is 89.5 Å². The van der Waals surface area contributed by atoms with Crippen molar-refractivity contribution in [3.63, 3.8) is 0 Å². The van der Waals surface area contributed by atoms with E-state index in [0.29, 0.717) is 0 Å². The van der Waals surface area contributed by atoms with Gasteiger partial charge in [0.2, 0.25) is 0 Å². The zero-order valence-corrected chi connectivity index (χ0v) is 45.1. The van der Waals surface area contributed by atoms with Crippen molar-refractivity contribution in [2.75, 3.05) is 9.80 Å². The maximum atomic E-state index is 2.71. The molecule has 2 spiro atoms. The molecule has 0 atom stereocenters. The highest BCUT2D eigenvalue weighted by Gasteiger charge is 2.58. The van der Waals surface area contributed by atoms with E-state index in [-0.39, 0.29) is 6.71 Å². The number of rotatable bonds is 2. The van der Waals surface area contributed by atoms with Gasteiger partial charge in [-0.15, -0.1) is 0 Å². The molecule has 0 aromatic heterocycles. The van der Waals surface area contributed by atoms with E-state index < -0.39 is 10.8 Å². The van der Waals surface area contributed by atoms with Gasteiger partial charge < -0.3 is 9.80 Å². The molecule has 2 aliphatic carbocycles. The highest BCUT2D eigenvalue weighted by atomic mass is 15.2. The van der Waals surface area contributed by atoms with Crippen molar-refractivity contribution in [3.05, 3.63) is 330 Å². The average Bonchev–Trinajstić information content (AvgIpc) is 1.71. The number of fused-ring (bicyclic) bond motifs is 25. The van der Waals surface area contributed by atoms with Gasteiger partial charge in [0.25, 0.3) is 6.71 Å². The average molecular weight is 1050 g/mol. The highest BCUT2D eigenvalue weighted by molar-refractivity contribution is 7.00. The summed E-state index contributed by atoms with van der Waals surface area (Å²) in [4.78, 5) is 5.41. The molecule has 2 nitrogen and oxygen atoms in total. The van der Waals surface area contributed by atoms with Gasteiger partial charge in [0.15, 0.2) is 0 Å².